The Kier molecular flexibility index (Phi) is 3.18. The summed E-state index contributed by atoms with van der Waals surface area (Å²) in [6.07, 6.45) is 5.54. The standard InChI is InChI=1S/C15H20N4O3/c1-17-5-4-16-13(17)8-19-11-6-18(15(21)10-2-3-10)7-12(11)22-9-14(19)20/h4-5,10-12H,2-3,6-9H2,1H3/t11-,12+/m1/s1. The highest BCUT2D eigenvalue weighted by Crippen LogP contribution is 2.34. The number of fused-ring (bicyclic) bond motifs is 1. The quantitative estimate of drug-likeness (QED) is 0.773. The molecule has 2 aliphatic heterocycles. The average molecular weight is 304 g/mol. The van der Waals surface area contributed by atoms with Crippen LogP contribution in [0, 0.1) is 5.92 Å². The molecule has 0 unspecified atom stereocenters. The van der Waals surface area contributed by atoms with Crippen molar-refractivity contribution in [3.63, 3.8) is 0 Å². The Morgan fingerprint density at radius 3 is 2.91 bits per heavy atom. The van der Waals surface area contributed by atoms with E-state index in [9.17, 15) is 9.59 Å². The third-order valence-electron chi connectivity index (χ3n) is 4.85. The fraction of sp³-hybridized carbons (Fsp3) is 0.667. The summed E-state index contributed by atoms with van der Waals surface area (Å²) >= 11 is 0. The summed E-state index contributed by atoms with van der Waals surface area (Å²) < 4.78 is 7.58. The summed E-state index contributed by atoms with van der Waals surface area (Å²) in [7, 11) is 1.92. The van der Waals surface area contributed by atoms with Gasteiger partial charge in [0.15, 0.2) is 0 Å². The van der Waals surface area contributed by atoms with Crippen LogP contribution in [-0.4, -0.2) is 63.0 Å². The molecule has 118 valence electrons. The number of rotatable bonds is 3. The molecule has 1 saturated carbocycles. The second-order valence-corrected chi connectivity index (χ2v) is 6.41. The van der Waals surface area contributed by atoms with Gasteiger partial charge in [0.05, 0.1) is 18.7 Å². The van der Waals surface area contributed by atoms with E-state index in [4.69, 9.17) is 4.74 Å². The zero-order valence-corrected chi connectivity index (χ0v) is 12.6. The molecule has 7 nitrogen and oxygen atoms in total. The molecule has 4 rings (SSSR count). The van der Waals surface area contributed by atoms with Gasteiger partial charge in [-0.15, -0.1) is 0 Å². The van der Waals surface area contributed by atoms with E-state index in [2.05, 4.69) is 4.98 Å². The number of carbonyl (C=O) groups is 2. The minimum absolute atomic E-state index is 0.0232. The first-order valence-corrected chi connectivity index (χ1v) is 7.79. The molecule has 3 heterocycles. The third-order valence-corrected chi connectivity index (χ3v) is 4.85. The summed E-state index contributed by atoms with van der Waals surface area (Å²) in [4.78, 5) is 32.5. The number of aryl methyl sites for hydroxylation is 1. The smallest absolute Gasteiger partial charge is 0.249 e. The summed E-state index contributed by atoms with van der Waals surface area (Å²) in [6, 6.07) is -0.0550. The van der Waals surface area contributed by atoms with E-state index in [1.165, 1.54) is 0 Å². The number of likely N-dealkylation sites (tertiary alicyclic amines) is 1. The Morgan fingerprint density at radius 2 is 2.23 bits per heavy atom. The fourth-order valence-electron chi connectivity index (χ4n) is 3.34. The van der Waals surface area contributed by atoms with Crippen LogP contribution in [-0.2, 0) is 27.9 Å². The SMILES string of the molecule is Cn1ccnc1CN1C(=O)CO[C@H]2CN(C(=O)C3CC3)C[C@H]21. The van der Waals surface area contributed by atoms with Crippen molar-refractivity contribution in [1.82, 2.24) is 19.4 Å². The Balaban J connectivity index is 1.51. The van der Waals surface area contributed by atoms with Crippen LogP contribution >= 0.6 is 0 Å². The Hall–Kier alpha value is -1.89. The van der Waals surface area contributed by atoms with Gasteiger partial charge in [0.2, 0.25) is 11.8 Å². The fourth-order valence-corrected chi connectivity index (χ4v) is 3.34. The largest absolute Gasteiger partial charge is 0.364 e. The molecule has 1 aromatic rings. The van der Waals surface area contributed by atoms with Gasteiger partial charge in [0, 0.05) is 38.4 Å². The van der Waals surface area contributed by atoms with E-state index in [0.717, 1.165) is 18.7 Å². The van der Waals surface area contributed by atoms with Crippen LogP contribution in [0.4, 0.5) is 0 Å². The minimum Gasteiger partial charge on any atom is -0.364 e. The van der Waals surface area contributed by atoms with E-state index in [1.807, 2.05) is 27.6 Å². The van der Waals surface area contributed by atoms with Crippen molar-refractivity contribution in [2.75, 3.05) is 19.7 Å². The van der Waals surface area contributed by atoms with E-state index in [0.29, 0.717) is 19.6 Å². The minimum atomic E-state index is -0.0688. The van der Waals surface area contributed by atoms with E-state index < -0.39 is 0 Å². The molecule has 0 bridgehead atoms. The second-order valence-electron chi connectivity index (χ2n) is 6.41. The third kappa shape index (κ3) is 2.29. The molecular formula is C15H20N4O3. The summed E-state index contributed by atoms with van der Waals surface area (Å²) in [6.45, 7) is 1.75. The molecule has 3 aliphatic rings. The number of imidazole rings is 1. The maximum atomic E-state index is 12.3. The number of nitrogens with zero attached hydrogens (tertiary/aromatic N) is 4. The van der Waals surface area contributed by atoms with Gasteiger partial charge in [-0.3, -0.25) is 9.59 Å². The van der Waals surface area contributed by atoms with Gasteiger partial charge < -0.3 is 19.1 Å². The lowest BCUT2D eigenvalue weighted by atomic mass is 10.1. The molecule has 2 atom stereocenters. The summed E-state index contributed by atoms with van der Waals surface area (Å²) in [5.74, 6) is 1.26. The first kappa shape index (κ1) is 13.8. The van der Waals surface area contributed by atoms with Gasteiger partial charge in [-0.05, 0) is 12.8 Å². The van der Waals surface area contributed by atoms with Gasteiger partial charge in [-0.1, -0.05) is 0 Å². The van der Waals surface area contributed by atoms with E-state index in [-0.39, 0.29) is 36.5 Å². The number of hydrogen-bond acceptors (Lipinski definition) is 4. The van der Waals surface area contributed by atoms with Gasteiger partial charge in [0.1, 0.15) is 12.4 Å². The Morgan fingerprint density at radius 1 is 1.41 bits per heavy atom. The van der Waals surface area contributed by atoms with Crippen LogP contribution in [0.25, 0.3) is 0 Å². The predicted octanol–water partition coefficient (Wildman–Crippen LogP) is -0.232. The molecule has 0 radical (unpaired) electrons. The Labute approximate surface area is 128 Å². The first-order chi connectivity index (χ1) is 10.6. The van der Waals surface area contributed by atoms with Crippen molar-refractivity contribution in [2.45, 2.75) is 31.5 Å². The van der Waals surface area contributed by atoms with Crippen molar-refractivity contribution in [3.05, 3.63) is 18.2 Å². The van der Waals surface area contributed by atoms with E-state index >= 15 is 0 Å². The topological polar surface area (TPSA) is 67.7 Å². The van der Waals surface area contributed by atoms with Gasteiger partial charge in [0.25, 0.3) is 0 Å². The van der Waals surface area contributed by atoms with Crippen molar-refractivity contribution >= 4 is 11.8 Å². The monoisotopic (exact) mass is 304 g/mol. The highest BCUT2D eigenvalue weighted by atomic mass is 16.5. The number of ether oxygens (including phenoxy) is 1. The van der Waals surface area contributed by atoms with Crippen molar-refractivity contribution in [1.29, 1.82) is 0 Å². The molecule has 0 N–H and O–H groups in total. The van der Waals surface area contributed by atoms with Gasteiger partial charge >= 0.3 is 0 Å². The lowest BCUT2D eigenvalue weighted by molar-refractivity contribution is -0.154. The zero-order valence-electron chi connectivity index (χ0n) is 12.6. The number of amides is 2. The van der Waals surface area contributed by atoms with Crippen LogP contribution in [0.15, 0.2) is 12.4 Å². The molecule has 2 amide bonds. The van der Waals surface area contributed by atoms with Gasteiger partial charge in [-0.2, -0.15) is 0 Å². The number of hydrogen-bond donors (Lipinski definition) is 0. The van der Waals surface area contributed by atoms with Crippen LogP contribution in [0.5, 0.6) is 0 Å². The molecule has 2 saturated heterocycles. The first-order valence-electron chi connectivity index (χ1n) is 7.79. The zero-order chi connectivity index (χ0) is 15.3. The van der Waals surface area contributed by atoms with Crippen molar-refractivity contribution in [2.24, 2.45) is 13.0 Å². The lowest BCUT2D eigenvalue weighted by Gasteiger charge is -2.36. The van der Waals surface area contributed by atoms with E-state index in [1.54, 1.807) is 6.20 Å². The van der Waals surface area contributed by atoms with Crippen LogP contribution < -0.4 is 0 Å². The Bertz CT molecular complexity index is 610. The van der Waals surface area contributed by atoms with Gasteiger partial charge in [-0.25, -0.2) is 4.98 Å². The van der Waals surface area contributed by atoms with Crippen LogP contribution in [0.2, 0.25) is 0 Å². The molecule has 7 heteroatoms. The lowest BCUT2D eigenvalue weighted by Crippen LogP contribution is -2.53. The highest BCUT2D eigenvalue weighted by Gasteiger charge is 2.47. The number of aromatic nitrogens is 2. The molecule has 3 fully saturated rings. The second kappa shape index (κ2) is 5.08. The maximum Gasteiger partial charge on any atom is 0.249 e. The molecule has 0 spiro atoms. The number of morpholine rings is 1. The predicted molar refractivity (Wildman–Crippen MR) is 76.6 cm³/mol. The average Bonchev–Trinajstić information content (AvgIpc) is 3.14. The molecular weight excluding hydrogens is 284 g/mol. The summed E-state index contributed by atoms with van der Waals surface area (Å²) in [5.41, 5.74) is 0. The number of carbonyl (C=O) groups excluding carboxylic acids is 2. The molecule has 1 aliphatic carbocycles. The summed E-state index contributed by atoms with van der Waals surface area (Å²) in [5, 5.41) is 0. The van der Waals surface area contributed by atoms with Crippen molar-refractivity contribution in [3.8, 4) is 0 Å². The molecule has 1 aromatic heterocycles. The van der Waals surface area contributed by atoms with Crippen molar-refractivity contribution < 1.29 is 14.3 Å². The maximum absolute atomic E-state index is 12.3. The molecule has 22 heavy (non-hydrogen) atoms. The normalized spacial score (nSPS) is 28.1. The van der Waals surface area contributed by atoms with Crippen LogP contribution in [0.3, 0.4) is 0 Å². The highest BCUT2D eigenvalue weighted by molar-refractivity contribution is 5.82. The molecule has 0 aromatic carbocycles. The van der Waals surface area contributed by atoms with Crippen LogP contribution in [0.1, 0.15) is 18.7 Å².